The van der Waals surface area contributed by atoms with Gasteiger partial charge in [-0.1, -0.05) is 48.5 Å². The molecule has 0 aliphatic rings. The van der Waals surface area contributed by atoms with Gasteiger partial charge in [0.1, 0.15) is 45.6 Å². The molecule has 0 fully saturated rings. The lowest BCUT2D eigenvalue weighted by molar-refractivity contribution is 1.22. The third-order valence-electron chi connectivity index (χ3n) is 11.2. The molecular weight excluding hydrogens is 1100 g/mol. The Morgan fingerprint density at radius 2 is 0.261 bits per heavy atom. The van der Waals surface area contributed by atoms with Crippen LogP contribution in [0.3, 0.4) is 0 Å². The van der Waals surface area contributed by atoms with Gasteiger partial charge in [-0.3, -0.25) is 39.9 Å². The first-order valence-corrected chi connectivity index (χ1v) is 27.0. The Kier molecular flexibility index (Phi) is 23.2. The summed E-state index contributed by atoms with van der Waals surface area (Å²) in [4.78, 5) is 89.4. The van der Waals surface area contributed by atoms with Gasteiger partial charge in [-0.15, -0.1) is 0 Å². The van der Waals surface area contributed by atoms with E-state index >= 15 is 0 Å². The van der Waals surface area contributed by atoms with E-state index in [0.717, 1.165) is 92.1 Å². The molecule has 0 aliphatic heterocycles. The Labute approximate surface area is 504 Å². The van der Waals surface area contributed by atoms with Crippen molar-refractivity contribution in [1.29, 1.82) is 0 Å². The van der Waals surface area contributed by atoms with Crippen molar-refractivity contribution in [2.75, 3.05) is 0 Å². The summed E-state index contributed by atoms with van der Waals surface area (Å²) in [6, 6.07) is 45.9. The number of nitrogens with one attached hydrogen (secondary N) is 8. The standard InChI is InChI=1S/8C8H7N3/c8*1-2-4-9-7(3-1)8-10-5-6-11-8/h8*1-6H,(H,10,11). The SMILES string of the molecule is c1ccc(-c2ncc[nH]2)nc1.c1ccc(-c2ncc[nH]2)nc1.c1ccc(-c2ncc[nH]2)nc1.c1ccc(-c2ncc[nH]2)nc1.c1ccc(-c2ncc[nH]2)nc1.c1ccc(-c2ncc[nH]2)nc1.c1ccc(-c2ncc[nH]2)nc1.c1ccc(-c2ncc[nH]2)nc1. The highest BCUT2D eigenvalue weighted by molar-refractivity contribution is 5.52. The summed E-state index contributed by atoms with van der Waals surface area (Å²) in [5.74, 6) is 6.49. The lowest BCUT2D eigenvalue weighted by atomic mass is 10.3. The minimum atomic E-state index is 0.811. The van der Waals surface area contributed by atoms with E-state index in [9.17, 15) is 0 Å². The lowest BCUT2D eigenvalue weighted by Gasteiger charge is -1.91. The van der Waals surface area contributed by atoms with Gasteiger partial charge in [0.05, 0.1) is 0 Å². The molecule has 16 aromatic heterocycles. The first-order chi connectivity index (χ1) is 43.7. The number of aromatic amines is 8. The minimum absolute atomic E-state index is 0.811. The quantitative estimate of drug-likeness (QED) is 0.0701. The van der Waals surface area contributed by atoms with Crippen LogP contribution in [0.5, 0.6) is 0 Å². The van der Waals surface area contributed by atoms with Gasteiger partial charge < -0.3 is 39.9 Å². The molecule has 0 radical (unpaired) electrons. The Morgan fingerprint density at radius 3 is 0.341 bits per heavy atom. The molecule has 24 nitrogen and oxygen atoms in total. The highest BCUT2D eigenvalue weighted by Gasteiger charge is 2.03. The zero-order valence-corrected chi connectivity index (χ0v) is 46.9. The van der Waals surface area contributed by atoms with E-state index < -0.39 is 0 Å². The van der Waals surface area contributed by atoms with Crippen LogP contribution in [-0.2, 0) is 0 Å². The number of hydrogen-bond donors (Lipinski definition) is 8. The Balaban J connectivity index is 0.000000120. The first kappa shape index (κ1) is 59.5. The van der Waals surface area contributed by atoms with Crippen LogP contribution < -0.4 is 0 Å². The van der Waals surface area contributed by atoms with Crippen LogP contribution >= 0.6 is 0 Å². The van der Waals surface area contributed by atoms with Gasteiger partial charge in [-0.25, -0.2) is 39.9 Å². The van der Waals surface area contributed by atoms with Gasteiger partial charge in [-0.05, 0) is 97.1 Å². The molecule has 0 amide bonds. The van der Waals surface area contributed by atoms with Gasteiger partial charge >= 0.3 is 0 Å². The number of aromatic nitrogens is 24. The zero-order valence-electron chi connectivity index (χ0n) is 46.9. The van der Waals surface area contributed by atoms with E-state index in [0.29, 0.717) is 0 Å². The Bertz CT molecular complexity index is 3340. The summed E-state index contributed by atoms with van der Waals surface area (Å²) in [5, 5.41) is 0. The Morgan fingerprint density at radius 1 is 0.136 bits per heavy atom. The van der Waals surface area contributed by atoms with Crippen LogP contribution in [-0.4, -0.2) is 120 Å². The number of hydrogen-bond acceptors (Lipinski definition) is 16. The maximum absolute atomic E-state index is 4.13. The summed E-state index contributed by atoms with van der Waals surface area (Å²) in [6.45, 7) is 0. The molecule has 16 heterocycles. The maximum atomic E-state index is 4.13. The zero-order chi connectivity index (χ0) is 60.1. The first-order valence-electron chi connectivity index (χ1n) is 27.0. The predicted molar refractivity (Wildman–Crippen MR) is 335 cm³/mol. The third kappa shape index (κ3) is 19.5. The highest BCUT2D eigenvalue weighted by Crippen LogP contribution is 2.14. The fraction of sp³-hybridized carbons (Fsp3) is 0. The minimum Gasteiger partial charge on any atom is -0.343 e. The second kappa shape index (κ2) is 34.4. The molecule has 0 bridgehead atoms. The van der Waals surface area contributed by atoms with Crippen molar-refractivity contribution in [3.8, 4) is 92.1 Å². The molecule has 16 rings (SSSR count). The third-order valence-corrected chi connectivity index (χ3v) is 11.2. The van der Waals surface area contributed by atoms with Gasteiger partial charge in [0, 0.05) is 149 Å². The number of imidazole rings is 8. The molecule has 0 saturated heterocycles. The van der Waals surface area contributed by atoms with Crippen molar-refractivity contribution in [3.05, 3.63) is 294 Å². The van der Waals surface area contributed by atoms with E-state index in [4.69, 9.17) is 0 Å². The van der Waals surface area contributed by atoms with Crippen LogP contribution in [0.15, 0.2) is 294 Å². The molecule has 0 atom stereocenters. The summed E-state index contributed by atoms with van der Waals surface area (Å²) in [5.41, 5.74) is 6.98. The average molecular weight is 1160 g/mol. The number of pyridine rings is 8. The fourth-order valence-corrected chi connectivity index (χ4v) is 7.27. The van der Waals surface area contributed by atoms with Gasteiger partial charge in [0.2, 0.25) is 0 Å². The normalized spacial score (nSPS) is 9.82. The predicted octanol–water partition coefficient (Wildman–Crippen LogP) is 11.8. The molecule has 432 valence electrons. The van der Waals surface area contributed by atoms with E-state index in [1.165, 1.54) is 0 Å². The van der Waals surface area contributed by atoms with Gasteiger partial charge in [-0.2, -0.15) is 0 Å². The van der Waals surface area contributed by atoms with Gasteiger partial charge in [0.15, 0.2) is 46.6 Å². The highest BCUT2D eigenvalue weighted by atomic mass is 15.0. The van der Waals surface area contributed by atoms with Crippen molar-refractivity contribution >= 4 is 0 Å². The van der Waals surface area contributed by atoms with Crippen LogP contribution in [0.1, 0.15) is 0 Å². The molecule has 0 unspecified atom stereocenters. The molecule has 0 aliphatic carbocycles. The number of rotatable bonds is 8. The molecule has 16 aromatic rings. The van der Waals surface area contributed by atoms with Crippen LogP contribution in [0.25, 0.3) is 92.1 Å². The molecule has 0 aromatic carbocycles. The van der Waals surface area contributed by atoms with Crippen molar-refractivity contribution in [3.63, 3.8) is 0 Å². The van der Waals surface area contributed by atoms with E-state index in [1.54, 1.807) is 149 Å². The number of nitrogens with zero attached hydrogens (tertiary/aromatic N) is 16. The molecule has 0 saturated carbocycles. The molecule has 8 N–H and O–H groups in total. The van der Waals surface area contributed by atoms with Crippen LogP contribution in [0.2, 0.25) is 0 Å². The van der Waals surface area contributed by atoms with E-state index in [2.05, 4.69) is 120 Å². The van der Waals surface area contributed by atoms with Gasteiger partial charge in [0.25, 0.3) is 0 Å². The lowest BCUT2D eigenvalue weighted by Crippen LogP contribution is -1.82. The topological polar surface area (TPSA) is 333 Å². The largest absolute Gasteiger partial charge is 0.343 e. The van der Waals surface area contributed by atoms with E-state index in [1.807, 2.05) is 146 Å². The van der Waals surface area contributed by atoms with Crippen molar-refractivity contribution in [1.82, 2.24) is 120 Å². The second-order valence-corrected chi connectivity index (χ2v) is 17.2. The Hall–Kier alpha value is -13.1. The fourth-order valence-electron chi connectivity index (χ4n) is 7.27. The summed E-state index contributed by atoms with van der Waals surface area (Å²) in [7, 11) is 0. The summed E-state index contributed by atoms with van der Waals surface area (Å²) >= 11 is 0. The van der Waals surface area contributed by atoms with Crippen molar-refractivity contribution in [2.45, 2.75) is 0 Å². The summed E-state index contributed by atoms with van der Waals surface area (Å²) < 4.78 is 0. The summed E-state index contributed by atoms with van der Waals surface area (Å²) in [6.07, 6.45) is 41.9. The maximum Gasteiger partial charge on any atom is 0.155 e. The average Bonchev–Trinajstić information content (AvgIpc) is 4.51. The smallest absolute Gasteiger partial charge is 0.155 e. The van der Waals surface area contributed by atoms with Crippen molar-refractivity contribution in [2.24, 2.45) is 0 Å². The monoisotopic (exact) mass is 1160 g/mol. The van der Waals surface area contributed by atoms with Crippen LogP contribution in [0, 0.1) is 0 Å². The van der Waals surface area contributed by atoms with Crippen molar-refractivity contribution < 1.29 is 0 Å². The van der Waals surface area contributed by atoms with Crippen LogP contribution in [0.4, 0.5) is 0 Å². The molecular formula is C64H56N24. The van der Waals surface area contributed by atoms with E-state index in [-0.39, 0.29) is 0 Å². The second-order valence-electron chi connectivity index (χ2n) is 17.2. The molecule has 0 spiro atoms. The molecule has 88 heavy (non-hydrogen) atoms. The molecule has 24 heteroatoms. The number of H-pyrrole nitrogens is 8.